The molecule has 0 saturated heterocycles. The molecule has 0 aliphatic rings. The monoisotopic (exact) mass is 515 g/mol. The van der Waals surface area contributed by atoms with Gasteiger partial charge in [0.15, 0.2) is 18.2 Å². The summed E-state index contributed by atoms with van der Waals surface area (Å²) in [6.45, 7) is 1.27. The summed E-state index contributed by atoms with van der Waals surface area (Å²) in [5, 5.41) is 3.82. The summed E-state index contributed by atoms with van der Waals surface area (Å²) in [6, 6.07) is 0.553. The summed E-state index contributed by atoms with van der Waals surface area (Å²) in [5.74, 6) is -13.2. The standard InChI is InChI=1S/C17H15F10N3O2S/c1-4-33(31)11-5-10(15(20,21)22)6-28-13(11)30-9(3)12(8(2)29-30)32-7-14(18,19)16(23,24)17(25,26)27/h5-6H,4,7H2,1-3H3. The first-order valence-electron chi connectivity index (χ1n) is 8.82. The minimum Gasteiger partial charge on any atom is -0.483 e. The first-order valence-corrected chi connectivity index (χ1v) is 10.1. The van der Waals surface area contributed by atoms with Gasteiger partial charge < -0.3 is 4.74 Å². The van der Waals surface area contributed by atoms with Crippen molar-refractivity contribution in [2.75, 3.05) is 12.4 Å². The molecule has 0 radical (unpaired) electrons. The maximum absolute atomic E-state index is 13.6. The summed E-state index contributed by atoms with van der Waals surface area (Å²) in [7, 11) is -2.00. The maximum Gasteiger partial charge on any atom is 0.460 e. The Morgan fingerprint density at radius 1 is 1.03 bits per heavy atom. The van der Waals surface area contributed by atoms with Crippen molar-refractivity contribution in [1.29, 1.82) is 0 Å². The molecule has 0 aliphatic heterocycles. The van der Waals surface area contributed by atoms with Gasteiger partial charge in [-0.25, -0.2) is 9.67 Å². The Bertz CT molecular complexity index is 1050. The Balaban J connectivity index is 2.49. The summed E-state index contributed by atoms with van der Waals surface area (Å²) in [5.41, 5.74) is -1.76. The van der Waals surface area contributed by atoms with Gasteiger partial charge in [0.2, 0.25) is 0 Å². The van der Waals surface area contributed by atoms with Gasteiger partial charge in [-0.3, -0.25) is 4.21 Å². The fourth-order valence-corrected chi connectivity index (χ4v) is 3.49. The van der Waals surface area contributed by atoms with Crippen LogP contribution in [0.4, 0.5) is 43.9 Å². The number of aryl methyl sites for hydroxylation is 1. The highest BCUT2D eigenvalue weighted by Crippen LogP contribution is 2.46. The molecule has 0 N–H and O–H groups in total. The second kappa shape index (κ2) is 8.76. The lowest BCUT2D eigenvalue weighted by molar-refractivity contribution is -0.358. The third kappa shape index (κ3) is 5.09. The van der Waals surface area contributed by atoms with Gasteiger partial charge in [0, 0.05) is 11.9 Å². The number of pyridine rings is 1. The van der Waals surface area contributed by atoms with Crippen LogP contribution in [0.15, 0.2) is 17.2 Å². The molecule has 2 rings (SSSR count). The second-order valence-corrected chi connectivity index (χ2v) is 8.36. The molecular formula is C17H15F10N3O2S. The molecule has 0 bridgehead atoms. The number of alkyl halides is 10. The van der Waals surface area contributed by atoms with Crippen molar-refractivity contribution < 1.29 is 52.8 Å². The lowest BCUT2D eigenvalue weighted by Gasteiger charge is -2.27. The van der Waals surface area contributed by atoms with E-state index >= 15 is 0 Å². The van der Waals surface area contributed by atoms with Crippen molar-refractivity contribution in [3.05, 3.63) is 29.2 Å². The summed E-state index contributed by atoms with van der Waals surface area (Å²) in [6.07, 6.45) is -11.0. The molecule has 33 heavy (non-hydrogen) atoms. The third-order valence-corrected chi connectivity index (χ3v) is 5.62. The van der Waals surface area contributed by atoms with E-state index < -0.39 is 63.6 Å². The van der Waals surface area contributed by atoms with Gasteiger partial charge in [-0.15, -0.1) is 0 Å². The fourth-order valence-electron chi connectivity index (χ4n) is 2.58. The molecule has 0 amide bonds. The molecule has 0 saturated carbocycles. The SMILES string of the molecule is CCS(=O)c1cc(C(F)(F)F)cnc1-n1nc(C)c(OCC(F)(F)C(F)(F)C(F)(F)F)c1C. The predicted octanol–water partition coefficient (Wildman–Crippen LogP) is 5.24. The van der Waals surface area contributed by atoms with Crippen molar-refractivity contribution >= 4 is 10.8 Å². The van der Waals surface area contributed by atoms with E-state index in [0.717, 1.165) is 18.5 Å². The van der Waals surface area contributed by atoms with Crippen LogP contribution in [0.5, 0.6) is 5.75 Å². The number of nitrogens with zero attached hydrogens (tertiary/aromatic N) is 3. The average molecular weight is 515 g/mol. The van der Waals surface area contributed by atoms with Crippen LogP contribution in [0.25, 0.3) is 5.82 Å². The van der Waals surface area contributed by atoms with Crippen LogP contribution in [0, 0.1) is 13.8 Å². The van der Waals surface area contributed by atoms with E-state index in [4.69, 9.17) is 0 Å². The highest BCUT2D eigenvalue weighted by molar-refractivity contribution is 7.85. The number of halogens is 10. The van der Waals surface area contributed by atoms with Crippen LogP contribution < -0.4 is 4.74 Å². The van der Waals surface area contributed by atoms with Crippen LogP contribution in [-0.4, -0.2) is 49.4 Å². The minimum absolute atomic E-state index is 0.128. The normalized spacial score (nSPS) is 14.5. The Hall–Kier alpha value is -2.39. The molecular weight excluding hydrogens is 500 g/mol. The van der Waals surface area contributed by atoms with Gasteiger partial charge >= 0.3 is 24.2 Å². The summed E-state index contributed by atoms with van der Waals surface area (Å²) < 4.78 is 147. The van der Waals surface area contributed by atoms with E-state index in [-0.39, 0.29) is 17.1 Å². The van der Waals surface area contributed by atoms with Gasteiger partial charge in [-0.05, 0) is 19.9 Å². The molecule has 1 atom stereocenters. The third-order valence-electron chi connectivity index (χ3n) is 4.31. The Labute approximate surface area is 182 Å². The second-order valence-electron chi connectivity index (χ2n) is 6.65. The fraction of sp³-hybridized carbons (Fsp3) is 0.529. The van der Waals surface area contributed by atoms with Gasteiger partial charge in [0.05, 0.1) is 27.0 Å². The van der Waals surface area contributed by atoms with Crippen LogP contribution >= 0.6 is 0 Å². The highest BCUT2D eigenvalue weighted by atomic mass is 32.2. The molecule has 2 heterocycles. The van der Waals surface area contributed by atoms with Gasteiger partial charge in [-0.1, -0.05) is 6.92 Å². The van der Waals surface area contributed by atoms with Gasteiger partial charge in [0.1, 0.15) is 5.69 Å². The lowest BCUT2D eigenvalue weighted by atomic mass is 10.2. The topological polar surface area (TPSA) is 57.0 Å². The molecule has 0 aromatic carbocycles. The van der Waals surface area contributed by atoms with E-state index in [1.807, 2.05) is 0 Å². The maximum atomic E-state index is 13.6. The van der Waals surface area contributed by atoms with E-state index in [9.17, 15) is 48.1 Å². The quantitative estimate of drug-likeness (QED) is 0.474. The van der Waals surface area contributed by atoms with Crippen molar-refractivity contribution in [2.24, 2.45) is 0 Å². The Kier molecular flexibility index (Phi) is 7.13. The predicted molar refractivity (Wildman–Crippen MR) is 94.2 cm³/mol. The zero-order chi connectivity index (χ0) is 25.6. The average Bonchev–Trinajstić information content (AvgIpc) is 2.97. The summed E-state index contributed by atoms with van der Waals surface area (Å²) >= 11 is 0. The highest BCUT2D eigenvalue weighted by Gasteiger charge is 2.73. The molecule has 2 aromatic heterocycles. The largest absolute Gasteiger partial charge is 0.483 e. The molecule has 0 spiro atoms. The van der Waals surface area contributed by atoms with Gasteiger partial charge in [-0.2, -0.15) is 49.0 Å². The minimum atomic E-state index is -6.54. The molecule has 0 fully saturated rings. The number of hydrogen-bond acceptors (Lipinski definition) is 4. The number of hydrogen-bond donors (Lipinski definition) is 0. The van der Waals surface area contributed by atoms with E-state index in [1.54, 1.807) is 0 Å². The number of rotatable bonds is 7. The molecule has 16 heteroatoms. The van der Waals surface area contributed by atoms with E-state index in [2.05, 4.69) is 14.8 Å². The number of aromatic nitrogens is 3. The molecule has 186 valence electrons. The van der Waals surface area contributed by atoms with Crippen LogP contribution in [0.2, 0.25) is 0 Å². The van der Waals surface area contributed by atoms with Crippen LogP contribution in [0.3, 0.4) is 0 Å². The van der Waals surface area contributed by atoms with Gasteiger partial charge in [0.25, 0.3) is 0 Å². The molecule has 5 nitrogen and oxygen atoms in total. The van der Waals surface area contributed by atoms with E-state index in [1.165, 1.54) is 6.92 Å². The van der Waals surface area contributed by atoms with Crippen molar-refractivity contribution in [1.82, 2.24) is 14.8 Å². The summed E-state index contributed by atoms with van der Waals surface area (Å²) in [4.78, 5) is 3.18. The zero-order valence-corrected chi connectivity index (χ0v) is 17.7. The van der Waals surface area contributed by atoms with Crippen LogP contribution in [0.1, 0.15) is 23.9 Å². The lowest BCUT2D eigenvalue weighted by Crippen LogP contribution is -2.54. The first kappa shape index (κ1) is 26.9. The van der Waals surface area contributed by atoms with Crippen molar-refractivity contribution in [3.8, 4) is 11.6 Å². The molecule has 1 unspecified atom stereocenters. The van der Waals surface area contributed by atoms with Crippen molar-refractivity contribution in [3.63, 3.8) is 0 Å². The van der Waals surface area contributed by atoms with E-state index in [0.29, 0.717) is 12.3 Å². The number of ether oxygens (including phenoxy) is 1. The first-order chi connectivity index (χ1) is 14.8. The molecule has 0 aliphatic carbocycles. The van der Waals surface area contributed by atoms with Crippen LogP contribution in [-0.2, 0) is 17.0 Å². The Morgan fingerprint density at radius 3 is 2.09 bits per heavy atom. The zero-order valence-electron chi connectivity index (χ0n) is 16.9. The molecule has 2 aromatic rings. The Morgan fingerprint density at radius 2 is 1.61 bits per heavy atom. The van der Waals surface area contributed by atoms with Crippen molar-refractivity contribution in [2.45, 2.75) is 49.9 Å². The smallest absolute Gasteiger partial charge is 0.460 e.